The van der Waals surface area contributed by atoms with Crippen LogP contribution in [-0.2, 0) is 11.2 Å². The van der Waals surface area contributed by atoms with Crippen molar-refractivity contribution >= 4 is 17.6 Å². The lowest BCUT2D eigenvalue weighted by Gasteiger charge is -2.26. The number of carboxylic acids is 1. The third kappa shape index (κ3) is 4.83. The van der Waals surface area contributed by atoms with Crippen LogP contribution in [0.25, 0.3) is 0 Å². The minimum Gasteiger partial charge on any atom is -0.490 e. The van der Waals surface area contributed by atoms with Crippen LogP contribution in [0.5, 0.6) is 5.75 Å². The summed E-state index contributed by atoms with van der Waals surface area (Å²) in [5, 5.41) is 11.6. The molecule has 5 heteroatoms. The van der Waals surface area contributed by atoms with E-state index in [0.717, 1.165) is 24.2 Å². The first-order valence-electron chi connectivity index (χ1n) is 8.49. The quantitative estimate of drug-likeness (QED) is 0.802. The van der Waals surface area contributed by atoms with Gasteiger partial charge in [0.05, 0.1) is 6.10 Å². The predicted molar refractivity (Wildman–Crippen MR) is 95.1 cm³/mol. The number of ether oxygens (including phenoxy) is 1. The van der Waals surface area contributed by atoms with Crippen molar-refractivity contribution < 1.29 is 19.4 Å². The zero-order valence-electron chi connectivity index (χ0n) is 13.9. The van der Waals surface area contributed by atoms with Gasteiger partial charge in [0.1, 0.15) is 5.75 Å². The largest absolute Gasteiger partial charge is 0.490 e. The third-order valence-electron chi connectivity index (χ3n) is 4.28. The van der Waals surface area contributed by atoms with Crippen molar-refractivity contribution in [3.05, 3.63) is 59.7 Å². The van der Waals surface area contributed by atoms with Crippen LogP contribution in [0, 0.1) is 0 Å². The molecule has 0 heterocycles. The van der Waals surface area contributed by atoms with E-state index in [9.17, 15) is 9.59 Å². The first-order chi connectivity index (χ1) is 12.1. The second-order valence-corrected chi connectivity index (χ2v) is 6.24. The fourth-order valence-electron chi connectivity index (χ4n) is 2.63. The average Bonchev–Trinajstić information content (AvgIpc) is 2.57. The van der Waals surface area contributed by atoms with E-state index >= 15 is 0 Å². The monoisotopic (exact) mass is 339 g/mol. The Morgan fingerprint density at radius 2 is 1.88 bits per heavy atom. The summed E-state index contributed by atoms with van der Waals surface area (Å²) >= 11 is 0. The van der Waals surface area contributed by atoms with Gasteiger partial charge in [-0.2, -0.15) is 0 Å². The van der Waals surface area contributed by atoms with E-state index in [2.05, 4.69) is 5.32 Å². The molecule has 1 fully saturated rings. The molecule has 2 aromatic carbocycles. The van der Waals surface area contributed by atoms with E-state index in [1.54, 1.807) is 24.3 Å². The van der Waals surface area contributed by atoms with Crippen LogP contribution in [0.3, 0.4) is 0 Å². The van der Waals surface area contributed by atoms with E-state index in [4.69, 9.17) is 9.84 Å². The van der Waals surface area contributed by atoms with Gasteiger partial charge in [0.15, 0.2) is 0 Å². The fraction of sp³-hybridized carbons (Fsp3) is 0.300. The summed E-state index contributed by atoms with van der Waals surface area (Å²) in [6.45, 7) is 0. The molecule has 0 atom stereocenters. The smallest absolute Gasteiger partial charge is 0.303 e. The molecule has 130 valence electrons. The van der Waals surface area contributed by atoms with E-state index in [1.807, 2.05) is 24.3 Å². The van der Waals surface area contributed by atoms with Gasteiger partial charge in [-0.3, -0.25) is 9.59 Å². The topological polar surface area (TPSA) is 75.6 Å². The van der Waals surface area contributed by atoms with Gasteiger partial charge in [-0.15, -0.1) is 0 Å². The SMILES string of the molecule is O=C(O)CCc1cccc(NC(=O)c2ccc(OC3CCC3)cc2)c1. The predicted octanol–water partition coefficient (Wildman–Crippen LogP) is 3.89. The molecule has 0 unspecified atom stereocenters. The number of aryl methyl sites for hydroxylation is 1. The number of hydrogen-bond acceptors (Lipinski definition) is 3. The minimum absolute atomic E-state index is 0.0693. The molecule has 0 saturated heterocycles. The molecule has 0 aromatic heterocycles. The Hall–Kier alpha value is -2.82. The second kappa shape index (κ2) is 7.83. The molecule has 0 radical (unpaired) electrons. The Morgan fingerprint density at radius 3 is 2.52 bits per heavy atom. The van der Waals surface area contributed by atoms with Gasteiger partial charge in [0, 0.05) is 17.7 Å². The third-order valence-corrected chi connectivity index (χ3v) is 4.28. The molecule has 1 aliphatic carbocycles. The first kappa shape index (κ1) is 17.0. The number of benzene rings is 2. The molecule has 1 amide bonds. The van der Waals surface area contributed by atoms with Crippen LogP contribution < -0.4 is 10.1 Å². The number of aliphatic carboxylic acids is 1. The molecule has 0 bridgehead atoms. The van der Waals surface area contributed by atoms with Crippen molar-refractivity contribution in [2.75, 3.05) is 5.32 Å². The number of carboxylic acid groups (broad SMARTS) is 1. The van der Waals surface area contributed by atoms with Crippen LogP contribution in [0.2, 0.25) is 0 Å². The van der Waals surface area contributed by atoms with Crippen molar-refractivity contribution in [3.63, 3.8) is 0 Å². The van der Waals surface area contributed by atoms with E-state index in [-0.39, 0.29) is 12.3 Å². The van der Waals surface area contributed by atoms with Crippen molar-refractivity contribution in [3.8, 4) is 5.75 Å². The maximum Gasteiger partial charge on any atom is 0.303 e. The summed E-state index contributed by atoms with van der Waals surface area (Å²) in [7, 11) is 0. The average molecular weight is 339 g/mol. The molecule has 1 aliphatic rings. The van der Waals surface area contributed by atoms with Crippen molar-refractivity contribution in [1.82, 2.24) is 0 Å². The molecule has 2 N–H and O–H groups in total. The number of amides is 1. The normalized spacial score (nSPS) is 13.8. The highest BCUT2D eigenvalue weighted by molar-refractivity contribution is 6.04. The summed E-state index contributed by atoms with van der Waals surface area (Å²) in [5.74, 6) is -0.249. The Bertz CT molecular complexity index is 751. The lowest BCUT2D eigenvalue weighted by molar-refractivity contribution is -0.136. The van der Waals surface area contributed by atoms with Crippen molar-refractivity contribution in [2.24, 2.45) is 0 Å². The molecule has 3 rings (SSSR count). The van der Waals surface area contributed by atoms with Gasteiger partial charge in [-0.1, -0.05) is 12.1 Å². The lowest BCUT2D eigenvalue weighted by Crippen LogP contribution is -2.24. The highest BCUT2D eigenvalue weighted by atomic mass is 16.5. The Labute approximate surface area is 146 Å². The molecule has 1 saturated carbocycles. The van der Waals surface area contributed by atoms with Gasteiger partial charge in [0.25, 0.3) is 5.91 Å². The van der Waals surface area contributed by atoms with Gasteiger partial charge < -0.3 is 15.2 Å². The standard InChI is InChI=1S/C20H21NO4/c22-19(23)12-7-14-3-1-4-16(13-14)21-20(24)15-8-10-18(11-9-15)25-17-5-2-6-17/h1,3-4,8-11,13,17H,2,5-7,12H2,(H,21,24)(H,22,23). The second-order valence-electron chi connectivity index (χ2n) is 6.24. The molecule has 0 spiro atoms. The van der Waals surface area contributed by atoms with E-state index in [0.29, 0.717) is 23.8 Å². The van der Waals surface area contributed by atoms with Crippen molar-refractivity contribution in [2.45, 2.75) is 38.2 Å². The van der Waals surface area contributed by atoms with Gasteiger partial charge in [0.2, 0.25) is 0 Å². The molecule has 0 aliphatic heterocycles. The molecule has 2 aromatic rings. The Balaban J connectivity index is 1.59. The van der Waals surface area contributed by atoms with Gasteiger partial charge in [-0.25, -0.2) is 0 Å². The number of rotatable bonds is 7. The highest BCUT2D eigenvalue weighted by Gasteiger charge is 2.19. The van der Waals surface area contributed by atoms with E-state index in [1.165, 1.54) is 6.42 Å². The molecule has 25 heavy (non-hydrogen) atoms. The minimum atomic E-state index is -0.835. The number of anilines is 1. The molecular formula is C20H21NO4. The van der Waals surface area contributed by atoms with Crippen LogP contribution in [0.15, 0.2) is 48.5 Å². The zero-order chi connectivity index (χ0) is 17.6. The van der Waals surface area contributed by atoms with Crippen LogP contribution in [-0.4, -0.2) is 23.1 Å². The zero-order valence-corrected chi connectivity index (χ0v) is 13.9. The maximum absolute atomic E-state index is 12.3. The Kier molecular flexibility index (Phi) is 5.33. The van der Waals surface area contributed by atoms with E-state index < -0.39 is 5.97 Å². The molecule has 5 nitrogen and oxygen atoms in total. The maximum atomic E-state index is 12.3. The lowest BCUT2D eigenvalue weighted by atomic mass is 9.96. The van der Waals surface area contributed by atoms with Crippen LogP contribution >= 0.6 is 0 Å². The van der Waals surface area contributed by atoms with Crippen LogP contribution in [0.4, 0.5) is 5.69 Å². The summed E-state index contributed by atoms with van der Waals surface area (Å²) in [6.07, 6.45) is 4.23. The van der Waals surface area contributed by atoms with Gasteiger partial charge in [-0.05, 0) is 67.6 Å². The van der Waals surface area contributed by atoms with Gasteiger partial charge >= 0.3 is 5.97 Å². The first-order valence-corrected chi connectivity index (χ1v) is 8.49. The fourth-order valence-corrected chi connectivity index (χ4v) is 2.63. The number of carbonyl (C=O) groups excluding carboxylic acids is 1. The number of nitrogens with one attached hydrogen (secondary N) is 1. The number of hydrogen-bond donors (Lipinski definition) is 2. The Morgan fingerprint density at radius 1 is 1.12 bits per heavy atom. The highest BCUT2D eigenvalue weighted by Crippen LogP contribution is 2.25. The summed E-state index contributed by atoms with van der Waals surface area (Å²) in [4.78, 5) is 23.0. The van der Waals surface area contributed by atoms with Crippen molar-refractivity contribution in [1.29, 1.82) is 0 Å². The molecular weight excluding hydrogens is 318 g/mol. The number of carbonyl (C=O) groups is 2. The summed E-state index contributed by atoms with van der Waals surface area (Å²) < 4.78 is 5.79. The summed E-state index contributed by atoms with van der Waals surface area (Å²) in [5.41, 5.74) is 2.09. The summed E-state index contributed by atoms with van der Waals surface area (Å²) in [6, 6.07) is 14.4. The van der Waals surface area contributed by atoms with Crippen LogP contribution in [0.1, 0.15) is 41.6 Å².